The smallest absolute Gasteiger partial charge is 0.340 e. The largest absolute Gasteiger partial charge is 0.444 e. The molecule has 0 unspecified atom stereocenters. The molecule has 0 aliphatic carbocycles. The molecule has 1 aromatic heterocycles. The maximum absolute atomic E-state index is 13.2. The Labute approximate surface area is 173 Å². The monoisotopic (exact) mass is 410 g/mol. The van der Waals surface area contributed by atoms with E-state index in [0.717, 1.165) is 0 Å². The number of morpholine rings is 1. The summed E-state index contributed by atoms with van der Waals surface area (Å²) in [5.74, 6) is -0.890. The first-order valence-corrected chi connectivity index (χ1v) is 9.69. The lowest BCUT2D eigenvalue weighted by Gasteiger charge is -2.30. The van der Waals surface area contributed by atoms with E-state index in [1.807, 2.05) is 30.3 Å². The average Bonchev–Trinajstić information content (AvgIpc) is 2.77. The Morgan fingerprint density at radius 3 is 2.48 bits per heavy atom. The molecule has 1 fully saturated rings. The highest BCUT2D eigenvalue weighted by Gasteiger charge is 2.31. The van der Waals surface area contributed by atoms with Gasteiger partial charge in [0, 0.05) is 24.0 Å². The number of pyridine rings is 1. The van der Waals surface area contributed by atoms with Crippen molar-refractivity contribution in [2.45, 2.75) is 6.10 Å². The van der Waals surface area contributed by atoms with E-state index in [9.17, 15) is 9.59 Å². The number of ether oxygens (including phenoxy) is 2. The van der Waals surface area contributed by atoms with E-state index in [0.29, 0.717) is 42.8 Å². The van der Waals surface area contributed by atoms with E-state index in [1.54, 1.807) is 29.2 Å². The van der Waals surface area contributed by atoms with Gasteiger partial charge in [-0.1, -0.05) is 60.1 Å². The molecule has 7 heteroatoms. The van der Waals surface area contributed by atoms with E-state index < -0.39 is 12.1 Å². The van der Waals surface area contributed by atoms with Crippen LogP contribution < -0.4 is 0 Å². The molecule has 1 aliphatic rings. The van der Waals surface area contributed by atoms with Crippen LogP contribution in [0.2, 0.25) is 5.15 Å². The van der Waals surface area contributed by atoms with Crippen molar-refractivity contribution in [2.75, 3.05) is 26.3 Å². The number of carbonyl (C=O) groups excluding carboxylic acids is 2. The molecule has 2 heterocycles. The van der Waals surface area contributed by atoms with Gasteiger partial charge in [0.2, 0.25) is 6.10 Å². The molecule has 1 amide bonds. The Morgan fingerprint density at radius 1 is 1.03 bits per heavy atom. The maximum atomic E-state index is 13.2. The van der Waals surface area contributed by atoms with Crippen LogP contribution in [0.1, 0.15) is 22.0 Å². The minimum absolute atomic E-state index is 0.186. The number of halogens is 1. The van der Waals surface area contributed by atoms with Crippen molar-refractivity contribution < 1.29 is 19.1 Å². The molecule has 4 rings (SSSR count). The van der Waals surface area contributed by atoms with E-state index >= 15 is 0 Å². The van der Waals surface area contributed by atoms with Crippen molar-refractivity contribution in [3.63, 3.8) is 0 Å². The molecule has 2 aromatic carbocycles. The topological polar surface area (TPSA) is 68.7 Å². The predicted molar refractivity (Wildman–Crippen MR) is 109 cm³/mol. The van der Waals surface area contributed by atoms with Gasteiger partial charge in [-0.2, -0.15) is 0 Å². The third-order valence-corrected chi connectivity index (χ3v) is 4.97. The highest BCUT2D eigenvalue weighted by molar-refractivity contribution is 6.30. The number of nitrogens with zero attached hydrogens (tertiary/aromatic N) is 2. The number of fused-ring (bicyclic) bond motifs is 1. The number of amides is 1. The van der Waals surface area contributed by atoms with Gasteiger partial charge in [-0.3, -0.25) is 4.79 Å². The first-order chi connectivity index (χ1) is 14.1. The molecule has 148 valence electrons. The summed E-state index contributed by atoms with van der Waals surface area (Å²) in [6.45, 7) is 1.85. The normalized spacial score (nSPS) is 15.1. The van der Waals surface area contributed by atoms with Gasteiger partial charge in [0.05, 0.1) is 24.3 Å². The zero-order valence-corrected chi connectivity index (χ0v) is 16.3. The van der Waals surface area contributed by atoms with Crippen LogP contribution in [-0.2, 0) is 14.3 Å². The molecule has 0 N–H and O–H groups in total. The van der Waals surface area contributed by atoms with Gasteiger partial charge < -0.3 is 14.4 Å². The van der Waals surface area contributed by atoms with Crippen LogP contribution in [0.25, 0.3) is 10.9 Å². The van der Waals surface area contributed by atoms with Gasteiger partial charge >= 0.3 is 5.97 Å². The van der Waals surface area contributed by atoms with Crippen LogP contribution in [-0.4, -0.2) is 48.1 Å². The van der Waals surface area contributed by atoms with E-state index in [1.165, 1.54) is 6.07 Å². The molecule has 0 saturated carbocycles. The summed E-state index contributed by atoms with van der Waals surface area (Å²) in [6.07, 6.45) is -1.05. The number of benzene rings is 2. The standard InChI is InChI=1S/C22H19ClN2O4/c23-19-14-17(16-8-4-5-9-18(16)24-19)22(27)29-20(15-6-2-1-3-7-15)21(26)25-10-12-28-13-11-25/h1-9,14,20H,10-13H2/t20-/m0/s1. The fourth-order valence-electron chi connectivity index (χ4n) is 3.32. The minimum atomic E-state index is -1.05. The van der Waals surface area contributed by atoms with Crippen molar-refractivity contribution in [2.24, 2.45) is 0 Å². The van der Waals surface area contributed by atoms with Crippen LogP contribution >= 0.6 is 11.6 Å². The summed E-state index contributed by atoms with van der Waals surface area (Å²) in [5.41, 5.74) is 1.47. The zero-order chi connectivity index (χ0) is 20.2. The highest BCUT2D eigenvalue weighted by Crippen LogP contribution is 2.26. The fourth-order valence-corrected chi connectivity index (χ4v) is 3.52. The van der Waals surface area contributed by atoms with Crippen LogP contribution in [0.5, 0.6) is 0 Å². The third kappa shape index (κ3) is 4.23. The Kier molecular flexibility index (Phi) is 5.74. The summed E-state index contributed by atoms with van der Waals surface area (Å²) in [7, 11) is 0. The van der Waals surface area contributed by atoms with E-state index in [-0.39, 0.29) is 16.6 Å². The number of hydrogen-bond acceptors (Lipinski definition) is 5. The first kappa shape index (κ1) is 19.4. The van der Waals surface area contributed by atoms with E-state index in [2.05, 4.69) is 4.98 Å². The van der Waals surface area contributed by atoms with Gasteiger partial charge in [0.1, 0.15) is 5.15 Å². The van der Waals surface area contributed by atoms with Crippen LogP contribution in [0.4, 0.5) is 0 Å². The molecule has 1 saturated heterocycles. The molecule has 0 radical (unpaired) electrons. The van der Waals surface area contributed by atoms with Crippen LogP contribution in [0.3, 0.4) is 0 Å². The van der Waals surface area contributed by atoms with Crippen LogP contribution in [0.15, 0.2) is 60.7 Å². The fraction of sp³-hybridized carbons (Fsp3) is 0.227. The van der Waals surface area contributed by atoms with Gasteiger partial charge in [-0.25, -0.2) is 9.78 Å². The van der Waals surface area contributed by atoms with Crippen molar-refractivity contribution in [3.05, 3.63) is 76.9 Å². The van der Waals surface area contributed by atoms with Gasteiger partial charge in [0.15, 0.2) is 0 Å². The third-order valence-electron chi connectivity index (χ3n) is 4.78. The van der Waals surface area contributed by atoms with Crippen LogP contribution in [0, 0.1) is 0 Å². The van der Waals surface area contributed by atoms with Crippen molar-refractivity contribution in [1.29, 1.82) is 0 Å². The molecule has 0 spiro atoms. The van der Waals surface area contributed by atoms with Gasteiger partial charge in [-0.05, 0) is 12.1 Å². The Hall–Kier alpha value is -2.96. The number of hydrogen-bond donors (Lipinski definition) is 0. The van der Waals surface area contributed by atoms with Gasteiger partial charge in [0.25, 0.3) is 5.91 Å². The molecular weight excluding hydrogens is 392 g/mol. The second kappa shape index (κ2) is 8.59. The second-order valence-electron chi connectivity index (χ2n) is 6.64. The lowest BCUT2D eigenvalue weighted by atomic mass is 10.1. The van der Waals surface area contributed by atoms with Crippen molar-refractivity contribution in [1.82, 2.24) is 9.88 Å². The maximum Gasteiger partial charge on any atom is 0.340 e. The summed E-state index contributed by atoms with van der Waals surface area (Å²) in [4.78, 5) is 32.1. The quantitative estimate of drug-likeness (QED) is 0.485. The lowest BCUT2D eigenvalue weighted by Crippen LogP contribution is -2.44. The second-order valence-corrected chi connectivity index (χ2v) is 7.03. The van der Waals surface area contributed by atoms with Gasteiger partial charge in [-0.15, -0.1) is 0 Å². The number of para-hydroxylation sites is 1. The average molecular weight is 411 g/mol. The minimum Gasteiger partial charge on any atom is -0.444 e. The Morgan fingerprint density at radius 2 is 1.72 bits per heavy atom. The number of carbonyl (C=O) groups is 2. The predicted octanol–water partition coefficient (Wildman–Crippen LogP) is 3.65. The first-order valence-electron chi connectivity index (χ1n) is 9.31. The molecule has 3 aromatic rings. The SMILES string of the molecule is O=C(O[C@H](C(=O)N1CCOCC1)c1ccccc1)c1cc(Cl)nc2ccccc12. The number of esters is 1. The zero-order valence-electron chi connectivity index (χ0n) is 15.6. The summed E-state index contributed by atoms with van der Waals surface area (Å²) in [6, 6.07) is 17.6. The molecular formula is C22H19ClN2O4. The molecule has 1 aliphatic heterocycles. The highest BCUT2D eigenvalue weighted by atomic mass is 35.5. The summed E-state index contributed by atoms with van der Waals surface area (Å²) >= 11 is 6.10. The Balaban J connectivity index is 1.67. The summed E-state index contributed by atoms with van der Waals surface area (Å²) < 4.78 is 11.1. The van der Waals surface area contributed by atoms with Crippen molar-refractivity contribution >= 4 is 34.4 Å². The lowest BCUT2D eigenvalue weighted by molar-refractivity contribution is -0.145. The number of aromatic nitrogens is 1. The Bertz CT molecular complexity index is 1040. The van der Waals surface area contributed by atoms with E-state index in [4.69, 9.17) is 21.1 Å². The molecule has 1 atom stereocenters. The summed E-state index contributed by atoms with van der Waals surface area (Å²) in [5, 5.41) is 0.805. The molecule has 29 heavy (non-hydrogen) atoms. The molecule has 0 bridgehead atoms. The number of rotatable bonds is 4. The van der Waals surface area contributed by atoms with Crippen molar-refractivity contribution in [3.8, 4) is 0 Å². The molecule has 6 nitrogen and oxygen atoms in total.